The molecule has 6 heteroatoms. The lowest BCUT2D eigenvalue weighted by Crippen LogP contribution is -2.27. The van der Waals surface area contributed by atoms with Gasteiger partial charge in [0, 0.05) is 25.4 Å². The van der Waals surface area contributed by atoms with Gasteiger partial charge in [0.05, 0.1) is 11.8 Å². The maximum Gasteiger partial charge on any atom is 0.270 e. The Kier molecular flexibility index (Phi) is 4.68. The maximum atomic E-state index is 12.1. The average molecular weight is 276 g/mol. The summed E-state index contributed by atoms with van der Waals surface area (Å²) in [7, 11) is 0. The van der Waals surface area contributed by atoms with Crippen LogP contribution in [-0.4, -0.2) is 39.8 Å². The highest BCUT2D eigenvalue weighted by molar-refractivity contribution is 5.92. The van der Waals surface area contributed by atoms with E-state index >= 15 is 0 Å². The summed E-state index contributed by atoms with van der Waals surface area (Å²) < 4.78 is 6.99. The minimum Gasteiger partial charge on any atom is -0.379 e. The Morgan fingerprint density at radius 2 is 2.30 bits per heavy atom. The van der Waals surface area contributed by atoms with E-state index < -0.39 is 0 Å². The zero-order valence-electron chi connectivity index (χ0n) is 12.1. The third-order valence-electron chi connectivity index (χ3n) is 2.77. The van der Waals surface area contributed by atoms with Gasteiger partial charge in [-0.05, 0) is 33.3 Å². The number of rotatable bonds is 6. The molecule has 2 rings (SSSR count). The number of fused-ring (bicyclic) bond motifs is 1. The van der Waals surface area contributed by atoms with Gasteiger partial charge < -0.3 is 10.1 Å². The molecule has 6 nitrogen and oxygen atoms in total. The summed E-state index contributed by atoms with van der Waals surface area (Å²) >= 11 is 0. The second-order valence-corrected chi connectivity index (χ2v) is 4.91. The molecule has 1 N–H and O–H groups in total. The highest BCUT2D eigenvalue weighted by atomic mass is 16.5. The highest BCUT2D eigenvalue weighted by Crippen LogP contribution is 2.06. The van der Waals surface area contributed by atoms with Gasteiger partial charge >= 0.3 is 0 Å². The van der Waals surface area contributed by atoms with Crippen molar-refractivity contribution in [2.75, 3.05) is 13.2 Å². The molecule has 0 aliphatic heterocycles. The molecule has 0 aliphatic rings. The largest absolute Gasteiger partial charge is 0.379 e. The molecule has 0 saturated heterocycles. The summed E-state index contributed by atoms with van der Waals surface area (Å²) in [5.41, 5.74) is 2.01. The molecule has 0 atom stereocenters. The van der Waals surface area contributed by atoms with Crippen molar-refractivity contribution in [2.24, 2.45) is 0 Å². The van der Waals surface area contributed by atoms with Gasteiger partial charge in [0.2, 0.25) is 0 Å². The first-order valence-corrected chi connectivity index (χ1v) is 6.79. The molecular weight excluding hydrogens is 256 g/mol. The van der Waals surface area contributed by atoms with Crippen LogP contribution < -0.4 is 5.32 Å². The molecule has 1 amide bonds. The number of ether oxygens (including phenoxy) is 1. The number of hydrogen-bond acceptors (Lipinski definition) is 4. The van der Waals surface area contributed by atoms with E-state index in [4.69, 9.17) is 4.74 Å². The standard InChI is InChI=1S/C14H20N4O2/c1-10(2)20-8-4-6-16-14(19)12-5-7-15-13-9-11(3)17-18(12)13/h5,7,9-10H,4,6,8H2,1-3H3,(H,16,19). The van der Waals surface area contributed by atoms with Crippen LogP contribution in [0.2, 0.25) is 0 Å². The molecule has 0 bridgehead atoms. The fourth-order valence-corrected chi connectivity index (χ4v) is 1.87. The van der Waals surface area contributed by atoms with Crippen LogP contribution in [0.1, 0.15) is 36.5 Å². The number of carbonyl (C=O) groups is 1. The van der Waals surface area contributed by atoms with Gasteiger partial charge in [-0.2, -0.15) is 5.10 Å². The molecule has 20 heavy (non-hydrogen) atoms. The first-order chi connectivity index (χ1) is 9.58. The summed E-state index contributed by atoms with van der Waals surface area (Å²) in [4.78, 5) is 16.3. The Morgan fingerprint density at radius 1 is 1.50 bits per heavy atom. The van der Waals surface area contributed by atoms with E-state index in [9.17, 15) is 4.79 Å². The minimum absolute atomic E-state index is 0.148. The van der Waals surface area contributed by atoms with E-state index in [1.807, 2.05) is 26.8 Å². The normalized spacial score (nSPS) is 11.2. The number of aromatic nitrogens is 3. The summed E-state index contributed by atoms with van der Waals surface area (Å²) in [6.45, 7) is 7.08. The van der Waals surface area contributed by atoms with Gasteiger partial charge in [-0.15, -0.1) is 0 Å². The van der Waals surface area contributed by atoms with Crippen molar-refractivity contribution in [3.63, 3.8) is 0 Å². The molecule has 0 saturated carbocycles. The van der Waals surface area contributed by atoms with Crippen LogP contribution in [0.4, 0.5) is 0 Å². The Labute approximate surface area is 118 Å². The monoisotopic (exact) mass is 276 g/mol. The van der Waals surface area contributed by atoms with Gasteiger partial charge in [-0.3, -0.25) is 4.79 Å². The molecule has 0 unspecified atom stereocenters. The lowest BCUT2D eigenvalue weighted by Gasteiger charge is -2.08. The summed E-state index contributed by atoms with van der Waals surface area (Å²) in [5, 5.41) is 7.14. The predicted octanol–water partition coefficient (Wildman–Crippen LogP) is 1.58. The molecular formula is C14H20N4O2. The average Bonchev–Trinajstić information content (AvgIpc) is 2.77. The van der Waals surface area contributed by atoms with Crippen LogP contribution >= 0.6 is 0 Å². The molecule has 108 valence electrons. The Morgan fingerprint density at radius 3 is 3.05 bits per heavy atom. The van der Waals surface area contributed by atoms with Gasteiger partial charge in [0.15, 0.2) is 5.65 Å². The Hall–Kier alpha value is -1.95. The second kappa shape index (κ2) is 6.47. The van der Waals surface area contributed by atoms with Crippen molar-refractivity contribution in [1.82, 2.24) is 19.9 Å². The second-order valence-electron chi connectivity index (χ2n) is 4.91. The smallest absolute Gasteiger partial charge is 0.270 e. The van der Waals surface area contributed by atoms with Crippen LogP contribution in [0.5, 0.6) is 0 Å². The van der Waals surface area contributed by atoms with E-state index in [1.54, 1.807) is 16.8 Å². The first kappa shape index (κ1) is 14.5. The van der Waals surface area contributed by atoms with E-state index in [1.165, 1.54) is 0 Å². The van der Waals surface area contributed by atoms with Crippen molar-refractivity contribution < 1.29 is 9.53 Å². The van der Waals surface area contributed by atoms with Crippen molar-refractivity contribution >= 4 is 11.6 Å². The van der Waals surface area contributed by atoms with Crippen molar-refractivity contribution in [3.8, 4) is 0 Å². The van der Waals surface area contributed by atoms with E-state index in [-0.39, 0.29) is 12.0 Å². The fourth-order valence-electron chi connectivity index (χ4n) is 1.87. The first-order valence-electron chi connectivity index (χ1n) is 6.79. The highest BCUT2D eigenvalue weighted by Gasteiger charge is 2.11. The van der Waals surface area contributed by atoms with E-state index in [0.717, 1.165) is 12.1 Å². The van der Waals surface area contributed by atoms with Gasteiger partial charge in [-0.25, -0.2) is 9.50 Å². The molecule has 0 radical (unpaired) electrons. The third-order valence-corrected chi connectivity index (χ3v) is 2.77. The number of nitrogens with one attached hydrogen (secondary N) is 1. The summed E-state index contributed by atoms with van der Waals surface area (Å²) in [6, 6.07) is 3.51. The summed E-state index contributed by atoms with van der Waals surface area (Å²) in [5.74, 6) is -0.148. The number of aryl methyl sites for hydroxylation is 1. The van der Waals surface area contributed by atoms with E-state index in [2.05, 4.69) is 15.4 Å². The number of hydrogen-bond donors (Lipinski definition) is 1. The molecule has 0 aliphatic carbocycles. The molecule has 2 heterocycles. The van der Waals surface area contributed by atoms with Crippen molar-refractivity contribution in [3.05, 3.63) is 29.7 Å². The van der Waals surface area contributed by atoms with Crippen LogP contribution in [0.25, 0.3) is 5.65 Å². The Balaban J connectivity index is 1.94. The van der Waals surface area contributed by atoms with Crippen molar-refractivity contribution in [1.29, 1.82) is 0 Å². The zero-order valence-corrected chi connectivity index (χ0v) is 12.1. The summed E-state index contributed by atoms with van der Waals surface area (Å²) in [6.07, 6.45) is 2.63. The van der Waals surface area contributed by atoms with Crippen LogP contribution in [0, 0.1) is 6.92 Å². The lowest BCUT2D eigenvalue weighted by atomic mass is 10.3. The molecule has 2 aromatic rings. The van der Waals surface area contributed by atoms with Crippen LogP contribution in [0.15, 0.2) is 18.3 Å². The predicted molar refractivity (Wildman–Crippen MR) is 75.8 cm³/mol. The number of amides is 1. The van der Waals surface area contributed by atoms with Crippen LogP contribution in [-0.2, 0) is 4.74 Å². The lowest BCUT2D eigenvalue weighted by molar-refractivity contribution is 0.0756. The number of carbonyl (C=O) groups excluding carboxylic acids is 1. The molecule has 0 spiro atoms. The van der Waals surface area contributed by atoms with Crippen LogP contribution in [0.3, 0.4) is 0 Å². The maximum absolute atomic E-state index is 12.1. The quantitative estimate of drug-likeness (QED) is 0.813. The molecule has 2 aromatic heterocycles. The van der Waals surface area contributed by atoms with Gasteiger partial charge in [0.1, 0.15) is 5.69 Å². The third kappa shape index (κ3) is 3.54. The minimum atomic E-state index is -0.148. The van der Waals surface area contributed by atoms with Gasteiger partial charge in [0.25, 0.3) is 5.91 Å². The molecule has 0 fully saturated rings. The topological polar surface area (TPSA) is 68.5 Å². The van der Waals surface area contributed by atoms with Crippen molar-refractivity contribution in [2.45, 2.75) is 33.3 Å². The molecule has 0 aromatic carbocycles. The SMILES string of the molecule is Cc1cc2nccc(C(=O)NCCCOC(C)C)n2n1. The van der Waals surface area contributed by atoms with Gasteiger partial charge in [-0.1, -0.05) is 0 Å². The fraction of sp³-hybridized carbons (Fsp3) is 0.500. The zero-order chi connectivity index (χ0) is 14.5. The Bertz CT molecular complexity index is 592. The number of nitrogens with zero attached hydrogens (tertiary/aromatic N) is 3. The van der Waals surface area contributed by atoms with E-state index in [0.29, 0.717) is 24.5 Å².